The fourth-order valence-corrected chi connectivity index (χ4v) is 5.32. The van der Waals surface area contributed by atoms with Crippen LogP contribution in [0.4, 0.5) is 42.8 Å². The molecule has 0 aliphatic carbocycles. The van der Waals surface area contributed by atoms with E-state index in [0.29, 0.717) is 29.8 Å². The van der Waals surface area contributed by atoms with Gasteiger partial charge in [0.2, 0.25) is 11.8 Å². The maximum atomic E-state index is 13.8. The number of aromatic nitrogens is 3. The minimum atomic E-state index is -5.08. The number of carbonyl (C=O) groups excluding carboxylic acids is 1. The van der Waals surface area contributed by atoms with E-state index in [0.717, 1.165) is 0 Å². The lowest BCUT2D eigenvalue weighted by Crippen LogP contribution is -2.48. The molecular formula is C30H32F6N6O5. The maximum Gasteiger partial charge on any atom is 0.416 e. The first-order chi connectivity index (χ1) is 22.1. The summed E-state index contributed by atoms with van der Waals surface area (Å²) in [5.74, 6) is -1.25. The van der Waals surface area contributed by atoms with E-state index >= 15 is 0 Å². The lowest BCUT2D eigenvalue weighted by molar-refractivity contribution is -0.143. The molecule has 17 heteroatoms. The number of amides is 1. The van der Waals surface area contributed by atoms with Gasteiger partial charge < -0.3 is 25.2 Å². The second kappa shape index (κ2) is 14.0. The van der Waals surface area contributed by atoms with Crippen molar-refractivity contribution in [3.05, 3.63) is 70.7 Å². The largest absolute Gasteiger partial charge is 0.481 e. The summed E-state index contributed by atoms with van der Waals surface area (Å²) in [6, 6.07) is 1.64. The first kappa shape index (κ1) is 35.2. The molecule has 0 spiro atoms. The number of alkyl halides is 6. The van der Waals surface area contributed by atoms with E-state index in [2.05, 4.69) is 15.0 Å². The molecule has 0 radical (unpaired) electrons. The van der Waals surface area contributed by atoms with Crippen molar-refractivity contribution in [1.29, 1.82) is 0 Å². The van der Waals surface area contributed by atoms with Crippen molar-refractivity contribution in [3.63, 3.8) is 0 Å². The van der Waals surface area contributed by atoms with Gasteiger partial charge in [-0.05, 0) is 55.2 Å². The van der Waals surface area contributed by atoms with E-state index in [1.807, 2.05) is 0 Å². The molecule has 3 N–H and O–H groups in total. The lowest BCUT2D eigenvalue weighted by Gasteiger charge is -2.43. The minimum Gasteiger partial charge on any atom is -0.481 e. The Hall–Kier alpha value is -4.67. The van der Waals surface area contributed by atoms with Crippen molar-refractivity contribution in [2.45, 2.75) is 70.1 Å². The number of rotatable bonds is 10. The number of carboxylic acids is 1. The van der Waals surface area contributed by atoms with Crippen LogP contribution in [-0.4, -0.2) is 57.9 Å². The number of ether oxygens (including phenoxy) is 2. The molecule has 1 aliphatic heterocycles. The van der Waals surface area contributed by atoms with Gasteiger partial charge >= 0.3 is 24.4 Å². The summed E-state index contributed by atoms with van der Waals surface area (Å²) < 4.78 is 93.3. The van der Waals surface area contributed by atoms with Crippen LogP contribution in [0.5, 0.6) is 5.88 Å². The Balaban J connectivity index is 1.91. The normalized spacial score (nSPS) is 17.1. The van der Waals surface area contributed by atoms with Crippen molar-refractivity contribution in [1.82, 2.24) is 15.0 Å². The summed E-state index contributed by atoms with van der Waals surface area (Å²) in [6.45, 7) is 2.97. The van der Waals surface area contributed by atoms with Crippen LogP contribution in [0.3, 0.4) is 0 Å². The standard InChI is InChI=1S/C30H32F6N6O5/c1-4-20-12-23(25-22(6-7-24(40-25)46-3)42(20)28(45)47-5-2)41(27-38-13-17(14-39-27)10-21(37)26(43)44)15-16-8-18(29(31,32)33)11-19(9-16)30(34,35)36/h6-9,11,13-14,20-21,23H,4-5,10,12,15,37H2,1-3H3,(H,43,44)/t20-,21?,23+/m1/s1. The van der Waals surface area contributed by atoms with Crippen LogP contribution >= 0.6 is 0 Å². The number of methoxy groups -OCH3 is 1. The highest BCUT2D eigenvalue weighted by Gasteiger charge is 2.42. The molecule has 3 atom stereocenters. The molecule has 1 aliphatic rings. The molecule has 0 saturated heterocycles. The smallest absolute Gasteiger partial charge is 0.416 e. The Morgan fingerprint density at radius 2 is 1.66 bits per heavy atom. The van der Waals surface area contributed by atoms with Gasteiger partial charge in [-0.15, -0.1) is 0 Å². The number of pyridine rings is 1. The third kappa shape index (κ3) is 8.01. The fourth-order valence-electron chi connectivity index (χ4n) is 5.32. The highest BCUT2D eigenvalue weighted by molar-refractivity contribution is 5.90. The molecule has 1 aromatic carbocycles. The number of nitrogens with zero attached hydrogens (tertiary/aromatic N) is 5. The average Bonchev–Trinajstić information content (AvgIpc) is 3.02. The number of aliphatic carboxylic acids is 1. The second-order valence-corrected chi connectivity index (χ2v) is 10.7. The quantitative estimate of drug-likeness (QED) is 0.255. The molecule has 3 aromatic rings. The van der Waals surface area contributed by atoms with E-state index < -0.39 is 60.2 Å². The van der Waals surface area contributed by atoms with Gasteiger partial charge in [-0.25, -0.2) is 19.7 Å². The van der Waals surface area contributed by atoms with Crippen LogP contribution in [-0.2, 0) is 34.8 Å². The van der Waals surface area contributed by atoms with Gasteiger partial charge in [0.25, 0.3) is 0 Å². The molecule has 0 bridgehead atoms. The number of carboxylic acid groups (broad SMARTS) is 1. The Morgan fingerprint density at radius 3 is 2.17 bits per heavy atom. The number of hydrogen-bond acceptors (Lipinski definition) is 9. The van der Waals surface area contributed by atoms with E-state index in [9.17, 15) is 35.9 Å². The Bertz CT molecular complexity index is 1550. The number of nitrogens with two attached hydrogens (primary N) is 1. The second-order valence-electron chi connectivity index (χ2n) is 10.7. The van der Waals surface area contributed by atoms with Crippen LogP contribution in [0.15, 0.2) is 42.7 Å². The number of fused-ring (bicyclic) bond motifs is 1. The Labute approximate surface area is 265 Å². The third-order valence-corrected chi connectivity index (χ3v) is 7.56. The van der Waals surface area contributed by atoms with Gasteiger partial charge in [0.15, 0.2) is 0 Å². The Morgan fingerprint density at radius 1 is 1.04 bits per heavy atom. The molecule has 11 nitrogen and oxygen atoms in total. The van der Waals surface area contributed by atoms with Gasteiger partial charge in [0.1, 0.15) is 6.04 Å². The number of hydrogen-bond donors (Lipinski definition) is 2. The van der Waals surface area contributed by atoms with E-state index in [-0.39, 0.29) is 48.6 Å². The molecule has 3 heterocycles. The van der Waals surface area contributed by atoms with Crippen LogP contribution in [0.1, 0.15) is 60.7 Å². The predicted molar refractivity (Wildman–Crippen MR) is 156 cm³/mol. The van der Waals surface area contributed by atoms with E-state index in [4.69, 9.17) is 20.3 Å². The molecular weight excluding hydrogens is 638 g/mol. The molecule has 254 valence electrons. The lowest BCUT2D eigenvalue weighted by atomic mass is 9.92. The summed E-state index contributed by atoms with van der Waals surface area (Å²) >= 11 is 0. The summed E-state index contributed by atoms with van der Waals surface area (Å²) in [5.41, 5.74) is 3.11. The van der Waals surface area contributed by atoms with Crippen LogP contribution < -0.4 is 20.3 Å². The van der Waals surface area contributed by atoms with Crippen molar-refractivity contribution in [3.8, 4) is 5.88 Å². The monoisotopic (exact) mass is 670 g/mol. The van der Waals surface area contributed by atoms with Crippen molar-refractivity contribution in [2.75, 3.05) is 23.5 Å². The SMILES string of the molecule is CCOC(=O)N1c2ccc(OC)nc2[C@@H](N(Cc2cc(C(F)(F)F)cc(C(F)(F)F)c2)c2ncc(CC(N)C(=O)O)cn2)C[C@H]1CC. The van der Waals surface area contributed by atoms with Gasteiger partial charge in [0.05, 0.1) is 42.3 Å². The zero-order valence-electron chi connectivity index (χ0n) is 25.5. The summed E-state index contributed by atoms with van der Waals surface area (Å²) in [5, 5.41) is 9.17. The number of carbonyl (C=O) groups is 2. The zero-order chi connectivity index (χ0) is 34.7. The average molecular weight is 671 g/mol. The molecule has 47 heavy (non-hydrogen) atoms. The third-order valence-electron chi connectivity index (χ3n) is 7.56. The molecule has 1 amide bonds. The number of benzene rings is 1. The molecule has 4 rings (SSSR count). The van der Waals surface area contributed by atoms with Gasteiger partial charge in [-0.3, -0.25) is 9.69 Å². The molecule has 0 saturated carbocycles. The molecule has 1 unspecified atom stereocenters. The van der Waals surface area contributed by atoms with E-state index in [1.165, 1.54) is 35.4 Å². The topological polar surface area (TPSA) is 144 Å². The first-order valence-corrected chi connectivity index (χ1v) is 14.4. The highest BCUT2D eigenvalue weighted by Crippen LogP contribution is 2.44. The van der Waals surface area contributed by atoms with Gasteiger partial charge in [-0.2, -0.15) is 26.3 Å². The molecule has 2 aromatic heterocycles. The van der Waals surface area contributed by atoms with Gasteiger partial charge in [0, 0.05) is 37.5 Å². The number of anilines is 2. The van der Waals surface area contributed by atoms with Crippen molar-refractivity contribution >= 4 is 23.7 Å². The van der Waals surface area contributed by atoms with Crippen molar-refractivity contribution < 1.29 is 50.5 Å². The van der Waals surface area contributed by atoms with E-state index in [1.54, 1.807) is 19.9 Å². The van der Waals surface area contributed by atoms with Crippen LogP contribution in [0.2, 0.25) is 0 Å². The minimum absolute atomic E-state index is 0.0392. The summed E-state index contributed by atoms with van der Waals surface area (Å²) in [7, 11) is 1.35. The predicted octanol–water partition coefficient (Wildman–Crippen LogP) is 5.77. The maximum absolute atomic E-state index is 13.8. The van der Waals surface area contributed by atoms with Gasteiger partial charge in [-0.1, -0.05) is 6.92 Å². The van der Waals surface area contributed by atoms with Crippen LogP contribution in [0, 0.1) is 0 Å². The van der Waals surface area contributed by atoms with Crippen LogP contribution in [0.25, 0.3) is 0 Å². The van der Waals surface area contributed by atoms with Crippen molar-refractivity contribution in [2.24, 2.45) is 5.73 Å². The zero-order valence-corrected chi connectivity index (χ0v) is 25.5. The summed E-state index contributed by atoms with van der Waals surface area (Å²) in [4.78, 5) is 40.3. The fraction of sp³-hybridized carbons (Fsp3) is 0.433. The number of halogens is 6. The first-order valence-electron chi connectivity index (χ1n) is 14.4. The Kier molecular flexibility index (Phi) is 10.5. The summed E-state index contributed by atoms with van der Waals surface area (Å²) in [6.07, 6.45) is -7.93. The highest BCUT2D eigenvalue weighted by atomic mass is 19.4. The molecule has 0 fully saturated rings.